The Hall–Kier alpha value is -1.39. The van der Waals surface area contributed by atoms with Gasteiger partial charge in [0.1, 0.15) is 17.3 Å². The summed E-state index contributed by atoms with van der Waals surface area (Å²) in [6, 6.07) is 10.3. The number of benzene rings is 2. The molecule has 0 aliphatic heterocycles. The predicted octanol–water partition coefficient (Wildman–Crippen LogP) is 4.80. The fourth-order valence-corrected chi connectivity index (χ4v) is 2.20. The van der Waals surface area contributed by atoms with E-state index in [0.717, 1.165) is 23.1 Å². The van der Waals surface area contributed by atoms with Crippen LogP contribution in [-0.2, 0) is 6.54 Å². The van der Waals surface area contributed by atoms with Gasteiger partial charge in [0, 0.05) is 12.6 Å². The zero-order valence-electron chi connectivity index (χ0n) is 11.5. The van der Waals surface area contributed by atoms with Gasteiger partial charge in [-0.1, -0.05) is 13.0 Å². The minimum Gasteiger partial charge on any atom is -0.456 e. The van der Waals surface area contributed by atoms with Gasteiger partial charge in [0.05, 0.1) is 4.47 Å². The first-order chi connectivity index (χ1) is 9.60. The molecule has 2 nitrogen and oxygen atoms in total. The third-order valence-electron chi connectivity index (χ3n) is 3.00. The molecule has 2 aromatic rings. The van der Waals surface area contributed by atoms with Crippen LogP contribution in [0, 0.1) is 12.7 Å². The number of ether oxygens (including phenoxy) is 1. The van der Waals surface area contributed by atoms with Crippen molar-refractivity contribution in [3.05, 3.63) is 57.8 Å². The van der Waals surface area contributed by atoms with Gasteiger partial charge < -0.3 is 10.1 Å². The molecule has 0 atom stereocenters. The van der Waals surface area contributed by atoms with Crippen LogP contribution in [0.5, 0.6) is 11.5 Å². The molecule has 0 amide bonds. The highest BCUT2D eigenvalue weighted by atomic mass is 79.9. The van der Waals surface area contributed by atoms with Crippen molar-refractivity contribution >= 4 is 15.9 Å². The largest absolute Gasteiger partial charge is 0.456 e. The number of aryl methyl sites for hydroxylation is 1. The Morgan fingerprint density at radius 2 is 2.00 bits per heavy atom. The van der Waals surface area contributed by atoms with E-state index in [9.17, 15) is 4.39 Å². The second kappa shape index (κ2) is 6.86. The first-order valence-corrected chi connectivity index (χ1v) is 7.32. The summed E-state index contributed by atoms with van der Waals surface area (Å²) in [7, 11) is 0. The third-order valence-corrected chi connectivity index (χ3v) is 3.66. The lowest BCUT2D eigenvalue weighted by Gasteiger charge is -2.11. The molecule has 0 spiro atoms. The van der Waals surface area contributed by atoms with Gasteiger partial charge in [0.25, 0.3) is 0 Å². The molecule has 2 aromatic carbocycles. The van der Waals surface area contributed by atoms with Gasteiger partial charge >= 0.3 is 0 Å². The molecule has 0 aliphatic rings. The van der Waals surface area contributed by atoms with Crippen LogP contribution >= 0.6 is 15.9 Å². The molecular weight excluding hydrogens is 321 g/mol. The predicted molar refractivity (Wildman–Crippen MR) is 82.7 cm³/mol. The third kappa shape index (κ3) is 3.81. The summed E-state index contributed by atoms with van der Waals surface area (Å²) in [5.74, 6) is 0.863. The lowest BCUT2D eigenvalue weighted by atomic mass is 10.1. The van der Waals surface area contributed by atoms with Gasteiger partial charge in [0.15, 0.2) is 0 Å². The fraction of sp³-hybridized carbons (Fsp3) is 0.250. The molecule has 0 bridgehead atoms. The summed E-state index contributed by atoms with van der Waals surface area (Å²) >= 11 is 3.35. The summed E-state index contributed by atoms with van der Waals surface area (Å²) in [4.78, 5) is 0. The van der Waals surface area contributed by atoms with Crippen molar-refractivity contribution in [2.75, 3.05) is 6.54 Å². The maximum atomic E-state index is 13.2. The first-order valence-electron chi connectivity index (χ1n) is 6.53. The number of halogens is 2. The molecule has 4 heteroatoms. The molecule has 0 radical (unpaired) electrons. The van der Waals surface area contributed by atoms with Crippen molar-refractivity contribution in [2.45, 2.75) is 20.4 Å². The molecule has 20 heavy (non-hydrogen) atoms. The van der Waals surface area contributed by atoms with Gasteiger partial charge in [-0.25, -0.2) is 4.39 Å². The van der Waals surface area contributed by atoms with Gasteiger partial charge in [-0.2, -0.15) is 0 Å². The lowest BCUT2D eigenvalue weighted by Crippen LogP contribution is -2.12. The Morgan fingerprint density at radius 3 is 2.70 bits per heavy atom. The van der Waals surface area contributed by atoms with E-state index in [0.29, 0.717) is 11.5 Å². The number of rotatable bonds is 5. The molecule has 0 heterocycles. The summed E-state index contributed by atoms with van der Waals surface area (Å²) in [5.41, 5.74) is 2.38. The number of nitrogens with one attached hydrogen (secondary N) is 1. The Bertz CT molecular complexity index is 601. The topological polar surface area (TPSA) is 21.3 Å². The molecule has 1 N–H and O–H groups in total. The molecule has 0 saturated heterocycles. The van der Waals surface area contributed by atoms with Gasteiger partial charge in [-0.15, -0.1) is 0 Å². The highest BCUT2D eigenvalue weighted by Gasteiger charge is 2.06. The Kier molecular flexibility index (Phi) is 5.15. The van der Waals surface area contributed by atoms with Crippen molar-refractivity contribution in [1.82, 2.24) is 5.32 Å². The van der Waals surface area contributed by atoms with Gasteiger partial charge in [-0.05, 0) is 64.8 Å². The van der Waals surface area contributed by atoms with Crippen LogP contribution in [0.4, 0.5) is 4.39 Å². The van der Waals surface area contributed by atoms with Crippen LogP contribution in [0.2, 0.25) is 0 Å². The molecular formula is C16H17BrFNO. The molecule has 0 aromatic heterocycles. The van der Waals surface area contributed by atoms with E-state index in [2.05, 4.69) is 28.2 Å². The van der Waals surface area contributed by atoms with E-state index >= 15 is 0 Å². The highest BCUT2D eigenvalue weighted by molar-refractivity contribution is 9.10. The zero-order chi connectivity index (χ0) is 14.5. The van der Waals surface area contributed by atoms with Crippen LogP contribution in [0.1, 0.15) is 18.1 Å². The average Bonchev–Trinajstić information content (AvgIpc) is 2.42. The SMILES string of the molecule is CCNCc1ccc(Oc2cc(F)ccc2Br)cc1C. The minimum atomic E-state index is -0.316. The summed E-state index contributed by atoms with van der Waals surface area (Å²) in [6.45, 7) is 5.90. The quantitative estimate of drug-likeness (QED) is 0.846. The molecule has 106 valence electrons. The highest BCUT2D eigenvalue weighted by Crippen LogP contribution is 2.31. The molecule has 2 rings (SSSR count). The van der Waals surface area contributed by atoms with E-state index in [-0.39, 0.29) is 5.82 Å². The number of hydrogen-bond acceptors (Lipinski definition) is 2. The van der Waals surface area contributed by atoms with Gasteiger partial charge in [0.2, 0.25) is 0 Å². The van der Waals surface area contributed by atoms with Crippen LogP contribution in [0.15, 0.2) is 40.9 Å². The van der Waals surface area contributed by atoms with Crippen molar-refractivity contribution in [1.29, 1.82) is 0 Å². The summed E-state index contributed by atoms with van der Waals surface area (Å²) in [5, 5.41) is 3.29. The average molecular weight is 338 g/mol. The van der Waals surface area contributed by atoms with Crippen molar-refractivity contribution in [3.8, 4) is 11.5 Å². The Labute approximate surface area is 127 Å². The molecule has 0 aliphatic carbocycles. The van der Waals surface area contributed by atoms with E-state index in [1.807, 2.05) is 25.1 Å². The second-order valence-electron chi connectivity index (χ2n) is 4.55. The monoisotopic (exact) mass is 337 g/mol. The minimum absolute atomic E-state index is 0.316. The number of hydrogen-bond donors (Lipinski definition) is 1. The van der Waals surface area contributed by atoms with E-state index < -0.39 is 0 Å². The normalized spacial score (nSPS) is 10.6. The van der Waals surface area contributed by atoms with Crippen LogP contribution in [-0.4, -0.2) is 6.54 Å². The van der Waals surface area contributed by atoms with Crippen LogP contribution in [0.25, 0.3) is 0 Å². The van der Waals surface area contributed by atoms with E-state index in [1.165, 1.54) is 17.7 Å². The lowest BCUT2D eigenvalue weighted by molar-refractivity contribution is 0.473. The van der Waals surface area contributed by atoms with Crippen molar-refractivity contribution in [3.63, 3.8) is 0 Å². The maximum Gasteiger partial charge on any atom is 0.144 e. The first kappa shape index (κ1) is 15.0. The van der Waals surface area contributed by atoms with E-state index in [1.54, 1.807) is 6.07 Å². The van der Waals surface area contributed by atoms with E-state index in [4.69, 9.17) is 4.74 Å². The zero-order valence-corrected chi connectivity index (χ0v) is 13.1. The van der Waals surface area contributed by atoms with Gasteiger partial charge in [-0.3, -0.25) is 0 Å². The van der Waals surface area contributed by atoms with Crippen molar-refractivity contribution in [2.24, 2.45) is 0 Å². The summed E-state index contributed by atoms with van der Waals surface area (Å²) in [6.07, 6.45) is 0. The smallest absolute Gasteiger partial charge is 0.144 e. The van der Waals surface area contributed by atoms with Crippen LogP contribution in [0.3, 0.4) is 0 Å². The second-order valence-corrected chi connectivity index (χ2v) is 5.40. The Morgan fingerprint density at radius 1 is 1.20 bits per heavy atom. The molecule has 0 unspecified atom stereocenters. The summed E-state index contributed by atoms with van der Waals surface area (Å²) < 4.78 is 19.7. The standard InChI is InChI=1S/C16H17BrFNO/c1-3-19-10-12-4-6-14(8-11(12)2)20-16-9-13(18)5-7-15(16)17/h4-9,19H,3,10H2,1-2H3. The Balaban J connectivity index is 2.17. The molecule has 0 fully saturated rings. The van der Waals surface area contributed by atoms with Crippen molar-refractivity contribution < 1.29 is 9.13 Å². The maximum absolute atomic E-state index is 13.2. The van der Waals surface area contributed by atoms with Crippen LogP contribution < -0.4 is 10.1 Å². The fourth-order valence-electron chi connectivity index (χ4n) is 1.87. The molecule has 0 saturated carbocycles.